The lowest BCUT2D eigenvalue weighted by Crippen LogP contribution is -2.14. The zero-order valence-corrected chi connectivity index (χ0v) is 12.3. The van der Waals surface area contributed by atoms with E-state index in [0.717, 1.165) is 12.8 Å². The van der Waals surface area contributed by atoms with Crippen LogP contribution in [0.4, 0.5) is 0 Å². The lowest BCUT2D eigenvalue weighted by molar-refractivity contribution is -0.119. The predicted octanol–water partition coefficient (Wildman–Crippen LogP) is 4.12. The van der Waals surface area contributed by atoms with E-state index in [2.05, 4.69) is 46.8 Å². The van der Waals surface area contributed by atoms with Crippen molar-refractivity contribution in [2.75, 3.05) is 0 Å². The quantitative estimate of drug-likeness (QED) is 0.781. The lowest BCUT2D eigenvalue weighted by atomic mass is 9.83. The molecular weight excluding hydrogens is 220 g/mol. The van der Waals surface area contributed by atoms with Crippen LogP contribution < -0.4 is 0 Å². The van der Waals surface area contributed by atoms with Crippen LogP contribution in [0.3, 0.4) is 0 Å². The van der Waals surface area contributed by atoms with Crippen molar-refractivity contribution in [2.24, 2.45) is 5.92 Å². The SMILES string of the molecule is Cc1cc(C(C)(C)C)cc(C)c1CC(=O)C1CC1. The monoisotopic (exact) mass is 244 g/mol. The summed E-state index contributed by atoms with van der Waals surface area (Å²) in [7, 11) is 0. The number of carbonyl (C=O) groups is 1. The van der Waals surface area contributed by atoms with Crippen LogP contribution in [0.1, 0.15) is 55.9 Å². The van der Waals surface area contributed by atoms with E-state index in [0.29, 0.717) is 18.1 Å². The van der Waals surface area contributed by atoms with Gasteiger partial charge in [-0.3, -0.25) is 4.79 Å². The molecule has 0 amide bonds. The Kier molecular flexibility index (Phi) is 3.35. The minimum absolute atomic E-state index is 0.175. The number of ketones is 1. The zero-order chi connectivity index (χ0) is 13.5. The molecule has 1 aromatic carbocycles. The molecule has 18 heavy (non-hydrogen) atoms. The van der Waals surface area contributed by atoms with Gasteiger partial charge in [0.05, 0.1) is 0 Å². The van der Waals surface area contributed by atoms with Gasteiger partial charge in [0.25, 0.3) is 0 Å². The molecule has 0 radical (unpaired) electrons. The first-order valence-corrected chi connectivity index (χ1v) is 6.92. The molecule has 98 valence electrons. The van der Waals surface area contributed by atoms with E-state index >= 15 is 0 Å². The fourth-order valence-electron chi connectivity index (χ4n) is 2.43. The Morgan fingerprint density at radius 3 is 2.06 bits per heavy atom. The zero-order valence-electron chi connectivity index (χ0n) is 12.3. The van der Waals surface area contributed by atoms with Crippen LogP contribution in [-0.4, -0.2) is 5.78 Å². The predicted molar refractivity (Wildman–Crippen MR) is 76.1 cm³/mol. The normalized spacial score (nSPS) is 15.8. The van der Waals surface area contributed by atoms with E-state index in [1.807, 2.05) is 0 Å². The Morgan fingerprint density at radius 1 is 1.17 bits per heavy atom. The summed E-state index contributed by atoms with van der Waals surface area (Å²) in [6.07, 6.45) is 2.85. The number of benzene rings is 1. The first-order chi connectivity index (χ1) is 8.29. The highest BCUT2D eigenvalue weighted by Crippen LogP contribution is 2.33. The number of Topliss-reactive ketones (excluding diaryl/α,β-unsaturated/α-hetero) is 1. The summed E-state index contributed by atoms with van der Waals surface area (Å²) >= 11 is 0. The van der Waals surface area contributed by atoms with Crippen molar-refractivity contribution >= 4 is 5.78 Å². The molecule has 0 atom stereocenters. The molecule has 1 fully saturated rings. The Bertz CT molecular complexity index is 450. The molecule has 0 bridgehead atoms. The van der Waals surface area contributed by atoms with Crippen molar-refractivity contribution in [3.8, 4) is 0 Å². The Balaban J connectivity index is 2.28. The van der Waals surface area contributed by atoms with Gasteiger partial charge in [-0.25, -0.2) is 0 Å². The molecule has 0 saturated heterocycles. The highest BCUT2D eigenvalue weighted by molar-refractivity contribution is 5.85. The van der Waals surface area contributed by atoms with Gasteiger partial charge in [-0.05, 0) is 54.4 Å². The van der Waals surface area contributed by atoms with Gasteiger partial charge in [0.15, 0.2) is 0 Å². The summed E-state index contributed by atoms with van der Waals surface area (Å²) in [5, 5.41) is 0. The van der Waals surface area contributed by atoms with Crippen LogP contribution in [0.2, 0.25) is 0 Å². The van der Waals surface area contributed by atoms with Crippen LogP contribution in [0.5, 0.6) is 0 Å². The van der Waals surface area contributed by atoms with E-state index in [9.17, 15) is 4.79 Å². The number of hydrogen-bond donors (Lipinski definition) is 0. The standard InChI is InChI=1S/C17H24O/c1-11-8-14(17(3,4)5)9-12(2)15(11)10-16(18)13-6-7-13/h8-9,13H,6-7,10H2,1-5H3. The molecule has 0 spiro atoms. The van der Waals surface area contributed by atoms with Gasteiger partial charge in [0, 0.05) is 12.3 Å². The van der Waals surface area contributed by atoms with Crippen LogP contribution >= 0.6 is 0 Å². The molecule has 0 heterocycles. The summed E-state index contributed by atoms with van der Waals surface area (Å²) in [6, 6.07) is 4.50. The minimum atomic E-state index is 0.175. The third kappa shape index (κ3) is 2.82. The van der Waals surface area contributed by atoms with Crippen LogP contribution in [0.25, 0.3) is 0 Å². The van der Waals surface area contributed by atoms with Crippen molar-refractivity contribution in [3.63, 3.8) is 0 Å². The molecule has 1 heteroatoms. The molecule has 1 aliphatic rings. The lowest BCUT2D eigenvalue weighted by Gasteiger charge is -2.22. The molecule has 0 N–H and O–H groups in total. The number of rotatable bonds is 3. The summed E-state index contributed by atoms with van der Waals surface area (Å²) in [5.74, 6) is 0.802. The van der Waals surface area contributed by atoms with Crippen molar-refractivity contribution in [1.29, 1.82) is 0 Å². The topological polar surface area (TPSA) is 17.1 Å². The maximum absolute atomic E-state index is 12.0. The Morgan fingerprint density at radius 2 is 1.67 bits per heavy atom. The second kappa shape index (κ2) is 4.53. The first kappa shape index (κ1) is 13.3. The van der Waals surface area contributed by atoms with Gasteiger partial charge in [0.2, 0.25) is 0 Å². The summed E-state index contributed by atoms with van der Waals surface area (Å²) in [6.45, 7) is 11.0. The maximum atomic E-state index is 12.0. The second-order valence-corrected chi connectivity index (χ2v) is 6.76. The first-order valence-electron chi connectivity index (χ1n) is 6.92. The van der Waals surface area contributed by atoms with Crippen LogP contribution in [-0.2, 0) is 16.6 Å². The molecule has 0 aromatic heterocycles. The third-order valence-electron chi connectivity index (χ3n) is 3.95. The largest absolute Gasteiger partial charge is 0.299 e. The molecule has 1 saturated carbocycles. The Hall–Kier alpha value is -1.11. The number of aryl methyl sites for hydroxylation is 2. The van der Waals surface area contributed by atoms with E-state index < -0.39 is 0 Å². The maximum Gasteiger partial charge on any atom is 0.140 e. The second-order valence-electron chi connectivity index (χ2n) is 6.76. The smallest absolute Gasteiger partial charge is 0.140 e. The minimum Gasteiger partial charge on any atom is -0.299 e. The van der Waals surface area contributed by atoms with Gasteiger partial charge in [-0.1, -0.05) is 32.9 Å². The highest BCUT2D eigenvalue weighted by atomic mass is 16.1. The van der Waals surface area contributed by atoms with E-state index in [4.69, 9.17) is 0 Å². The van der Waals surface area contributed by atoms with Crippen molar-refractivity contribution in [1.82, 2.24) is 0 Å². The summed E-state index contributed by atoms with van der Waals surface area (Å²) < 4.78 is 0. The highest BCUT2D eigenvalue weighted by Gasteiger charge is 2.30. The van der Waals surface area contributed by atoms with Gasteiger partial charge in [0.1, 0.15) is 5.78 Å². The van der Waals surface area contributed by atoms with E-state index in [1.54, 1.807) is 0 Å². The molecule has 1 aromatic rings. The Labute approximate surface area is 111 Å². The molecule has 0 unspecified atom stereocenters. The summed E-state index contributed by atoms with van der Waals surface area (Å²) in [5.41, 5.74) is 5.33. The fourth-order valence-corrected chi connectivity index (χ4v) is 2.43. The molecule has 1 aliphatic carbocycles. The molecule has 0 aliphatic heterocycles. The van der Waals surface area contributed by atoms with E-state index in [-0.39, 0.29) is 5.41 Å². The fraction of sp³-hybridized carbons (Fsp3) is 0.588. The molecular formula is C17H24O. The van der Waals surface area contributed by atoms with Gasteiger partial charge in [-0.2, -0.15) is 0 Å². The number of hydrogen-bond acceptors (Lipinski definition) is 1. The molecule has 2 rings (SSSR count). The van der Waals surface area contributed by atoms with Crippen molar-refractivity contribution < 1.29 is 4.79 Å². The van der Waals surface area contributed by atoms with Crippen LogP contribution in [0, 0.1) is 19.8 Å². The van der Waals surface area contributed by atoms with Gasteiger partial charge >= 0.3 is 0 Å². The number of carbonyl (C=O) groups excluding carboxylic acids is 1. The van der Waals surface area contributed by atoms with E-state index in [1.165, 1.54) is 22.3 Å². The van der Waals surface area contributed by atoms with Crippen molar-refractivity contribution in [2.45, 2.75) is 59.3 Å². The average molecular weight is 244 g/mol. The van der Waals surface area contributed by atoms with Gasteiger partial charge in [-0.15, -0.1) is 0 Å². The third-order valence-corrected chi connectivity index (χ3v) is 3.95. The average Bonchev–Trinajstić information content (AvgIpc) is 3.04. The molecule has 1 nitrogen and oxygen atoms in total. The summed E-state index contributed by atoms with van der Waals surface area (Å²) in [4.78, 5) is 12.0. The van der Waals surface area contributed by atoms with Crippen LogP contribution in [0.15, 0.2) is 12.1 Å². The van der Waals surface area contributed by atoms with Crippen molar-refractivity contribution in [3.05, 3.63) is 34.4 Å². The van der Waals surface area contributed by atoms with Gasteiger partial charge < -0.3 is 0 Å².